The van der Waals surface area contributed by atoms with Crippen LogP contribution in [0.3, 0.4) is 0 Å². The van der Waals surface area contributed by atoms with Crippen LogP contribution in [-0.2, 0) is 0 Å². The largest absolute Gasteiger partial charge is 0.423 e. The Morgan fingerprint density at radius 3 is 2.56 bits per heavy atom. The molecule has 2 unspecified atom stereocenters. The van der Waals surface area contributed by atoms with Crippen molar-refractivity contribution in [2.45, 2.75) is 18.9 Å². The fourth-order valence-corrected chi connectivity index (χ4v) is 2.34. The van der Waals surface area contributed by atoms with Gasteiger partial charge >= 0.3 is 0 Å². The summed E-state index contributed by atoms with van der Waals surface area (Å²) in [6, 6.07) is 9.41. The maximum absolute atomic E-state index is 6.10. The summed E-state index contributed by atoms with van der Waals surface area (Å²) in [7, 11) is 0. The van der Waals surface area contributed by atoms with Crippen LogP contribution in [0.15, 0.2) is 34.7 Å². The summed E-state index contributed by atoms with van der Waals surface area (Å²) >= 11 is 1.76. The zero-order chi connectivity index (χ0) is 13.0. The minimum Gasteiger partial charge on any atom is -0.423 e. The van der Waals surface area contributed by atoms with Crippen molar-refractivity contribution in [2.75, 3.05) is 12.0 Å². The van der Waals surface area contributed by atoms with E-state index in [4.69, 9.17) is 10.2 Å². The molecule has 1 aromatic carbocycles. The van der Waals surface area contributed by atoms with Gasteiger partial charge in [0.2, 0.25) is 11.8 Å². The smallest absolute Gasteiger partial charge is 0.237 e. The fraction of sp³-hybridized carbons (Fsp3) is 0.385. The van der Waals surface area contributed by atoms with E-state index < -0.39 is 0 Å². The monoisotopic (exact) mass is 263 g/mol. The van der Waals surface area contributed by atoms with E-state index in [0.717, 1.165) is 11.3 Å². The molecule has 0 amide bonds. The highest BCUT2D eigenvalue weighted by Crippen LogP contribution is 2.22. The van der Waals surface area contributed by atoms with Crippen LogP contribution in [0.4, 0.5) is 0 Å². The van der Waals surface area contributed by atoms with Gasteiger partial charge in [-0.05, 0) is 11.8 Å². The summed E-state index contributed by atoms with van der Waals surface area (Å²) in [5, 5.41) is 8.12. The number of hydrogen-bond donors (Lipinski definition) is 1. The molecule has 0 aliphatic carbocycles. The van der Waals surface area contributed by atoms with Crippen molar-refractivity contribution in [3.8, 4) is 0 Å². The van der Waals surface area contributed by atoms with E-state index in [9.17, 15) is 0 Å². The Balaban J connectivity index is 2.15. The van der Waals surface area contributed by atoms with Gasteiger partial charge in [-0.3, -0.25) is 0 Å². The molecule has 0 bridgehead atoms. The maximum Gasteiger partial charge on any atom is 0.237 e. The number of thioether (sulfide) groups is 1. The molecule has 1 heterocycles. The van der Waals surface area contributed by atoms with Gasteiger partial charge in [-0.2, -0.15) is 11.8 Å². The molecule has 2 N–H and O–H groups in total. The van der Waals surface area contributed by atoms with E-state index in [1.165, 1.54) is 0 Å². The van der Waals surface area contributed by atoms with E-state index >= 15 is 0 Å². The van der Waals surface area contributed by atoms with E-state index in [-0.39, 0.29) is 12.0 Å². The van der Waals surface area contributed by atoms with Gasteiger partial charge in [0, 0.05) is 11.7 Å². The average molecular weight is 263 g/mol. The topological polar surface area (TPSA) is 64.9 Å². The SMILES string of the molecule is CSCC(C)c1nnc(C(N)c2ccccc2)o1. The van der Waals surface area contributed by atoms with E-state index in [2.05, 4.69) is 23.4 Å². The average Bonchev–Trinajstić information content (AvgIpc) is 2.89. The van der Waals surface area contributed by atoms with Crippen LogP contribution in [-0.4, -0.2) is 22.2 Å². The number of aromatic nitrogens is 2. The summed E-state index contributed by atoms with van der Waals surface area (Å²) in [6.45, 7) is 2.07. The molecule has 0 spiro atoms. The molecule has 0 saturated heterocycles. The second-order valence-electron chi connectivity index (χ2n) is 4.22. The Morgan fingerprint density at radius 2 is 1.89 bits per heavy atom. The number of nitrogens with zero attached hydrogens (tertiary/aromatic N) is 2. The summed E-state index contributed by atoms with van der Waals surface area (Å²) < 4.78 is 5.65. The first-order valence-corrected chi connectivity index (χ1v) is 7.24. The molecule has 1 aromatic heterocycles. The van der Waals surface area contributed by atoms with Gasteiger partial charge < -0.3 is 10.2 Å². The second kappa shape index (κ2) is 6.02. The van der Waals surface area contributed by atoms with Crippen LogP contribution in [0, 0.1) is 0 Å². The summed E-state index contributed by atoms with van der Waals surface area (Å²) in [4.78, 5) is 0. The predicted molar refractivity (Wildman–Crippen MR) is 73.6 cm³/mol. The fourth-order valence-electron chi connectivity index (χ4n) is 1.70. The highest BCUT2D eigenvalue weighted by atomic mass is 32.2. The molecule has 18 heavy (non-hydrogen) atoms. The lowest BCUT2D eigenvalue weighted by molar-refractivity contribution is 0.420. The first-order valence-electron chi connectivity index (χ1n) is 5.85. The third-order valence-corrected chi connectivity index (χ3v) is 3.55. The van der Waals surface area contributed by atoms with Gasteiger partial charge in [0.1, 0.15) is 6.04 Å². The number of benzene rings is 1. The first kappa shape index (κ1) is 13.1. The highest BCUT2D eigenvalue weighted by Gasteiger charge is 2.18. The molecule has 4 nitrogen and oxygen atoms in total. The molecule has 2 rings (SSSR count). The van der Waals surface area contributed by atoms with Gasteiger partial charge in [0.15, 0.2) is 0 Å². The second-order valence-corrected chi connectivity index (χ2v) is 5.13. The molecule has 5 heteroatoms. The van der Waals surface area contributed by atoms with Gasteiger partial charge in [-0.25, -0.2) is 0 Å². The predicted octanol–water partition coefficient (Wildman–Crippen LogP) is 2.58. The van der Waals surface area contributed by atoms with Crippen LogP contribution < -0.4 is 5.73 Å². The molecular weight excluding hydrogens is 246 g/mol. The van der Waals surface area contributed by atoms with Crippen molar-refractivity contribution < 1.29 is 4.42 Å². The zero-order valence-corrected chi connectivity index (χ0v) is 11.4. The number of hydrogen-bond acceptors (Lipinski definition) is 5. The number of rotatable bonds is 5. The molecular formula is C13H17N3OS. The molecule has 0 radical (unpaired) electrons. The van der Waals surface area contributed by atoms with E-state index in [1.54, 1.807) is 11.8 Å². The minimum atomic E-state index is -0.353. The van der Waals surface area contributed by atoms with E-state index in [1.807, 2.05) is 30.3 Å². The molecule has 0 aliphatic rings. The minimum absolute atomic E-state index is 0.254. The third kappa shape index (κ3) is 2.91. The summed E-state index contributed by atoms with van der Waals surface area (Å²) in [6.07, 6.45) is 2.06. The first-order chi connectivity index (χ1) is 8.72. The zero-order valence-electron chi connectivity index (χ0n) is 10.5. The standard InChI is InChI=1S/C13H17N3OS/c1-9(8-18-2)12-15-16-13(17-12)11(14)10-6-4-3-5-7-10/h3-7,9,11H,8,14H2,1-2H3. The summed E-state index contributed by atoms with van der Waals surface area (Å²) in [5.41, 5.74) is 7.08. The van der Waals surface area contributed by atoms with Crippen molar-refractivity contribution >= 4 is 11.8 Å². The van der Waals surface area contributed by atoms with Crippen LogP contribution in [0.2, 0.25) is 0 Å². The van der Waals surface area contributed by atoms with E-state index in [0.29, 0.717) is 11.8 Å². The number of nitrogens with two attached hydrogens (primary N) is 1. The normalized spacial score (nSPS) is 14.4. The molecule has 2 aromatic rings. The van der Waals surface area contributed by atoms with Crippen LogP contribution in [0.1, 0.15) is 36.2 Å². The Kier molecular flexibility index (Phi) is 4.38. The van der Waals surface area contributed by atoms with Crippen molar-refractivity contribution in [3.63, 3.8) is 0 Å². The molecule has 2 atom stereocenters. The Bertz CT molecular complexity index is 486. The third-order valence-electron chi connectivity index (χ3n) is 2.72. The Morgan fingerprint density at radius 1 is 1.22 bits per heavy atom. The van der Waals surface area contributed by atoms with Gasteiger partial charge in [-0.15, -0.1) is 10.2 Å². The van der Waals surface area contributed by atoms with Gasteiger partial charge in [-0.1, -0.05) is 37.3 Å². The van der Waals surface area contributed by atoms with Crippen molar-refractivity contribution in [1.82, 2.24) is 10.2 Å². The quantitative estimate of drug-likeness (QED) is 0.898. The Hall–Kier alpha value is -1.33. The Labute approximate surface area is 111 Å². The van der Waals surface area contributed by atoms with Crippen LogP contribution in [0.5, 0.6) is 0 Å². The molecule has 0 fully saturated rings. The lowest BCUT2D eigenvalue weighted by Gasteiger charge is -2.07. The maximum atomic E-state index is 6.10. The van der Waals surface area contributed by atoms with Gasteiger partial charge in [0.25, 0.3) is 0 Å². The van der Waals surface area contributed by atoms with Crippen LogP contribution in [0.25, 0.3) is 0 Å². The summed E-state index contributed by atoms with van der Waals surface area (Å²) in [5.74, 6) is 2.35. The molecule has 96 valence electrons. The lowest BCUT2D eigenvalue weighted by Crippen LogP contribution is -2.12. The highest BCUT2D eigenvalue weighted by molar-refractivity contribution is 7.98. The van der Waals surface area contributed by atoms with Gasteiger partial charge in [0.05, 0.1) is 0 Å². The van der Waals surface area contributed by atoms with Crippen molar-refractivity contribution in [3.05, 3.63) is 47.7 Å². The molecule has 0 aliphatic heterocycles. The lowest BCUT2D eigenvalue weighted by atomic mass is 10.1. The van der Waals surface area contributed by atoms with Crippen molar-refractivity contribution in [2.24, 2.45) is 5.73 Å². The molecule has 0 saturated carbocycles. The van der Waals surface area contributed by atoms with Crippen molar-refractivity contribution in [1.29, 1.82) is 0 Å². The van der Waals surface area contributed by atoms with Crippen LogP contribution >= 0.6 is 11.8 Å².